The number of hydrogen-bond acceptors (Lipinski definition) is 6. The van der Waals surface area contributed by atoms with E-state index in [1.54, 1.807) is 0 Å². The molecule has 0 aromatic heterocycles. The molecule has 0 saturated heterocycles. The lowest BCUT2D eigenvalue weighted by Crippen LogP contribution is -2.57. The lowest BCUT2D eigenvalue weighted by molar-refractivity contribution is -0.168. The van der Waals surface area contributed by atoms with Crippen LogP contribution in [-0.2, 0) is 28.6 Å². The highest BCUT2D eigenvalue weighted by molar-refractivity contribution is 6.02. The van der Waals surface area contributed by atoms with Gasteiger partial charge in [0, 0.05) is 24.7 Å². The van der Waals surface area contributed by atoms with Gasteiger partial charge in [0.2, 0.25) is 0 Å². The summed E-state index contributed by atoms with van der Waals surface area (Å²) in [5, 5.41) is 0. The van der Waals surface area contributed by atoms with Crippen LogP contribution in [0.3, 0.4) is 0 Å². The van der Waals surface area contributed by atoms with Crippen molar-refractivity contribution in [3.8, 4) is 0 Å². The Kier molecular flexibility index (Phi) is 3.54. The molecule has 0 aromatic carbocycles. The summed E-state index contributed by atoms with van der Waals surface area (Å²) >= 11 is 0. The van der Waals surface area contributed by atoms with Crippen molar-refractivity contribution in [2.24, 2.45) is 23.7 Å². The standard InChI is InChI=1S/C16H18O6/c1-7(17)22-11-6-10-8-4-5-9(12(10)11)14(16(19)21-3)13(8)15(18)20-2/h4-5,8-12H,6H2,1-3H3/t8-,9-,10-,11-,12-/m0/s1. The number of rotatable bonds is 3. The molecule has 0 amide bonds. The first-order chi connectivity index (χ1) is 10.5. The van der Waals surface area contributed by atoms with E-state index in [-0.39, 0.29) is 35.7 Å². The van der Waals surface area contributed by atoms with E-state index in [1.165, 1.54) is 21.1 Å². The molecule has 4 rings (SSSR count). The van der Waals surface area contributed by atoms with Crippen molar-refractivity contribution < 1.29 is 28.6 Å². The predicted molar refractivity (Wildman–Crippen MR) is 74.3 cm³/mol. The van der Waals surface area contributed by atoms with Gasteiger partial charge in [-0.1, -0.05) is 12.2 Å². The SMILES string of the molecule is COC(=O)C1=C(C(=O)OC)[C@H]2C=C[C@H]1[C@@H]1C[C@H](OC(C)=O)[C@H]12. The van der Waals surface area contributed by atoms with E-state index >= 15 is 0 Å². The van der Waals surface area contributed by atoms with Crippen LogP contribution >= 0.6 is 0 Å². The third kappa shape index (κ3) is 1.97. The van der Waals surface area contributed by atoms with E-state index in [4.69, 9.17) is 14.2 Å². The Balaban J connectivity index is 2.00. The molecule has 0 N–H and O–H groups in total. The van der Waals surface area contributed by atoms with Crippen LogP contribution < -0.4 is 0 Å². The van der Waals surface area contributed by atoms with Crippen LogP contribution in [0, 0.1) is 23.7 Å². The van der Waals surface area contributed by atoms with Crippen molar-refractivity contribution in [2.75, 3.05) is 14.2 Å². The molecule has 0 aromatic rings. The molecule has 0 aliphatic heterocycles. The van der Waals surface area contributed by atoms with Crippen molar-refractivity contribution in [2.45, 2.75) is 19.4 Å². The largest absolute Gasteiger partial charge is 0.466 e. The average Bonchev–Trinajstić information content (AvgIpc) is 2.49. The van der Waals surface area contributed by atoms with E-state index in [9.17, 15) is 14.4 Å². The summed E-state index contributed by atoms with van der Waals surface area (Å²) in [5.41, 5.74) is 0.740. The van der Waals surface area contributed by atoms with Crippen LogP contribution in [0.1, 0.15) is 13.3 Å². The van der Waals surface area contributed by atoms with Crippen LogP contribution in [-0.4, -0.2) is 38.2 Å². The number of hydrogen-bond donors (Lipinski definition) is 0. The minimum atomic E-state index is -0.522. The van der Waals surface area contributed by atoms with Gasteiger partial charge in [-0.25, -0.2) is 9.59 Å². The lowest BCUT2D eigenvalue weighted by atomic mass is 9.50. The second kappa shape index (κ2) is 5.26. The fourth-order valence-electron chi connectivity index (χ4n) is 4.07. The van der Waals surface area contributed by atoms with Gasteiger partial charge in [-0.3, -0.25) is 4.79 Å². The number of esters is 3. The zero-order chi connectivity index (χ0) is 16.0. The van der Waals surface area contributed by atoms with E-state index in [2.05, 4.69) is 0 Å². The molecule has 22 heavy (non-hydrogen) atoms. The minimum absolute atomic E-state index is 0.0291. The number of methoxy groups -OCH3 is 2. The molecule has 118 valence electrons. The quantitative estimate of drug-likeness (QED) is 0.440. The smallest absolute Gasteiger partial charge is 0.334 e. The number of ether oxygens (including phenoxy) is 3. The summed E-state index contributed by atoms with van der Waals surface area (Å²) in [7, 11) is 2.59. The summed E-state index contributed by atoms with van der Waals surface area (Å²) in [6, 6.07) is 0. The normalized spacial score (nSPS) is 34.6. The first kappa shape index (κ1) is 14.8. The maximum Gasteiger partial charge on any atom is 0.334 e. The number of carbonyl (C=O) groups excluding carboxylic acids is 3. The van der Waals surface area contributed by atoms with Gasteiger partial charge in [0.25, 0.3) is 0 Å². The van der Waals surface area contributed by atoms with Crippen LogP contribution in [0.5, 0.6) is 0 Å². The molecule has 6 nitrogen and oxygen atoms in total. The Morgan fingerprint density at radius 1 is 1.00 bits per heavy atom. The van der Waals surface area contributed by atoms with Gasteiger partial charge in [-0.2, -0.15) is 0 Å². The van der Waals surface area contributed by atoms with E-state index in [1.807, 2.05) is 12.2 Å². The molecule has 0 radical (unpaired) electrons. The Morgan fingerprint density at radius 3 is 2.09 bits per heavy atom. The van der Waals surface area contributed by atoms with Gasteiger partial charge in [0.15, 0.2) is 0 Å². The topological polar surface area (TPSA) is 78.9 Å². The number of carbonyl (C=O) groups is 3. The highest BCUT2D eigenvalue weighted by atomic mass is 16.5. The summed E-state index contributed by atoms with van der Waals surface area (Å²) in [6.07, 6.45) is 4.36. The third-order valence-electron chi connectivity index (χ3n) is 4.91. The molecule has 4 aliphatic rings. The first-order valence-electron chi connectivity index (χ1n) is 7.25. The number of allylic oxidation sites excluding steroid dienone is 2. The Bertz CT molecular complexity index is 602. The van der Waals surface area contributed by atoms with Crippen molar-refractivity contribution in [3.63, 3.8) is 0 Å². The van der Waals surface area contributed by atoms with E-state index in [0.717, 1.165) is 0 Å². The zero-order valence-electron chi connectivity index (χ0n) is 12.7. The van der Waals surface area contributed by atoms with Crippen LogP contribution in [0.4, 0.5) is 0 Å². The summed E-state index contributed by atoms with van der Waals surface area (Å²) < 4.78 is 15.0. The molecular formula is C16H18O6. The summed E-state index contributed by atoms with van der Waals surface area (Å²) in [4.78, 5) is 35.5. The lowest BCUT2D eigenvalue weighted by Gasteiger charge is -2.55. The third-order valence-corrected chi connectivity index (χ3v) is 4.91. The fourth-order valence-corrected chi connectivity index (χ4v) is 4.07. The van der Waals surface area contributed by atoms with Crippen LogP contribution in [0.2, 0.25) is 0 Å². The van der Waals surface area contributed by atoms with Crippen molar-refractivity contribution in [1.82, 2.24) is 0 Å². The molecule has 0 unspecified atom stereocenters. The minimum Gasteiger partial charge on any atom is -0.466 e. The Labute approximate surface area is 128 Å². The molecule has 5 atom stereocenters. The monoisotopic (exact) mass is 306 g/mol. The average molecular weight is 306 g/mol. The molecule has 0 heterocycles. The Morgan fingerprint density at radius 2 is 1.55 bits per heavy atom. The molecule has 2 bridgehead atoms. The van der Waals surface area contributed by atoms with Gasteiger partial charge in [0.05, 0.1) is 25.4 Å². The van der Waals surface area contributed by atoms with Gasteiger partial charge in [-0.05, 0) is 12.3 Å². The van der Waals surface area contributed by atoms with Crippen molar-refractivity contribution in [3.05, 3.63) is 23.3 Å². The van der Waals surface area contributed by atoms with Crippen LogP contribution in [0.15, 0.2) is 23.3 Å². The first-order valence-corrected chi connectivity index (χ1v) is 7.25. The Hall–Kier alpha value is -2.11. The predicted octanol–water partition coefficient (Wildman–Crippen LogP) is 1.01. The summed E-state index contributed by atoms with van der Waals surface area (Å²) in [6.45, 7) is 1.38. The second-order valence-corrected chi connectivity index (χ2v) is 5.87. The highest BCUT2D eigenvalue weighted by Gasteiger charge is 2.59. The fraction of sp³-hybridized carbons (Fsp3) is 0.562. The maximum atomic E-state index is 12.2. The maximum absolute atomic E-state index is 12.2. The molecule has 6 heteroatoms. The van der Waals surface area contributed by atoms with Crippen molar-refractivity contribution >= 4 is 17.9 Å². The van der Waals surface area contributed by atoms with E-state index < -0.39 is 11.9 Å². The summed E-state index contributed by atoms with van der Waals surface area (Å²) in [5.74, 6) is -1.56. The van der Waals surface area contributed by atoms with Crippen molar-refractivity contribution in [1.29, 1.82) is 0 Å². The van der Waals surface area contributed by atoms with Crippen LogP contribution in [0.25, 0.3) is 0 Å². The zero-order valence-corrected chi connectivity index (χ0v) is 12.7. The van der Waals surface area contributed by atoms with Gasteiger partial charge < -0.3 is 14.2 Å². The van der Waals surface area contributed by atoms with E-state index in [0.29, 0.717) is 17.6 Å². The van der Waals surface area contributed by atoms with Gasteiger partial charge >= 0.3 is 17.9 Å². The van der Waals surface area contributed by atoms with Gasteiger partial charge in [-0.15, -0.1) is 0 Å². The molecule has 1 saturated carbocycles. The molecular weight excluding hydrogens is 288 g/mol. The van der Waals surface area contributed by atoms with Gasteiger partial charge in [0.1, 0.15) is 6.10 Å². The second-order valence-electron chi connectivity index (χ2n) is 5.87. The molecule has 1 fully saturated rings. The molecule has 4 aliphatic carbocycles. The highest BCUT2D eigenvalue weighted by Crippen LogP contribution is 2.58. The molecule has 0 spiro atoms.